The minimum absolute atomic E-state index is 0.152. The van der Waals surface area contributed by atoms with Crippen molar-refractivity contribution >= 4 is 34.3 Å². The number of carbonyl (C=O) groups is 2. The maximum atomic E-state index is 13.0. The third-order valence-electron chi connectivity index (χ3n) is 6.51. The number of halogens is 1. The van der Waals surface area contributed by atoms with Gasteiger partial charge in [0, 0.05) is 45.7 Å². The normalized spacial score (nSPS) is 17.7. The fourth-order valence-corrected chi connectivity index (χ4v) is 4.80. The zero-order valence-corrected chi connectivity index (χ0v) is 19.7. The Kier molecular flexibility index (Phi) is 6.42. The Balaban J connectivity index is 1.25. The molecule has 7 nitrogen and oxygen atoms in total. The van der Waals surface area contributed by atoms with Crippen molar-refractivity contribution in [3.8, 4) is 11.1 Å². The molecule has 35 heavy (non-hydrogen) atoms. The number of nitrogens with one attached hydrogen (secondary N) is 3. The maximum Gasteiger partial charge on any atom is 0.268 e. The average molecular weight is 489 g/mol. The smallest absolute Gasteiger partial charge is 0.268 e. The van der Waals surface area contributed by atoms with Gasteiger partial charge in [0.2, 0.25) is 0 Å². The zero-order chi connectivity index (χ0) is 24.4. The Morgan fingerprint density at radius 3 is 2.17 bits per heavy atom. The van der Waals surface area contributed by atoms with Crippen molar-refractivity contribution in [2.75, 3.05) is 0 Å². The molecule has 2 aromatic carbocycles. The molecule has 0 radical (unpaired) electrons. The Bertz CT molecular complexity index is 1370. The second-order valence-corrected chi connectivity index (χ2v) is 9.32. The molecule has 0 unspecified atom stereocenters. The third kappa shape index (κ3) is 5.15. The maximum absolute atomic E-state index is 13.0. The van der Waals surface area contributed by atoms with Gasteiger partial charge in [-0.2, -0.15) is 4.73 Å². The monoisotopic (exact) mass is 488 g/mol. The van der Waals surface area contributed by atoms with Gasteiger partial charge in [-0.15, -0.1) is 0 Å². The highest BCUT2D eigenvalue weighted by Gasteiger charge is 2.28. The average Bonchev–Trinajstić information content (AvgIpc) is 3.29. The highest BCUT2D eigenvalue weighted by molar-refractivity contribution is 6.31. The van der Waals surface area contributed by atoms with Crippen LogP contribution in [0, 0.1) is 5.21 Å². The number of fused-ring (bicyclic) bond motifs is 1. The lowest BCUT2D eigenvalue weighted by atomic mass is 9.90. The summed E-state index contributed by atoms with van der Waals surface area (Å²) in [7, 11) is 0. The number of aromatic nitrogens is 2. The van der Waals surface area contributed by atoms with Crippen molar-refractivity contribution in [1.29, 1.82) is 0 Å². The standard InChI is InChI=1S/C27H25ClN4O3/c28-21-9-10-22-20(15-21)16-25(29-22)27(34)31-24-4-2-1-3-23(24)30-26(33)19-7-5-17(6-8-19)18-11-13-32(35)14-12-18/h5-16,23-24,29H,1-4H2,(H,30,33)(H,31,34)/t23-,24+/m0/s1. The van der Waals surface area contributed by atoms with Crippen molar-refractivity contribution in [3.63, 3.8) is 0 Å². The van der Waals surface area contributed by atoms with Crippen LogP contribution < -0.4 is 15.4 Å². The zero-order valence-electron chi connectivity index (χ0n) is 19.0. The summed E-state index contributed by atoms with van der Waals surface area (Å²) in [4.78, 5) is 29.1. The molecule has 8 heteroatoms. The molecule has 0 spiro atoms. The number of amides is 2. The molecule has 3 N–H and O–H groups in total. The number of H-pyrrole nitrogens is 1. The molecule has 2 aromatic heterocycles. The molecule has 2 heterocycles. The van der Waals surface area contributed by atoms with Crippen LogP contribution in [0.5, 0.6) is 0 Å². The first kappa shape index (κ1) is 22.9. The predicted molar refractivity (Wildman–Crippen MR) is 135 cm³/mol. The van der Waals surface area contributed by atoms with Gasteiger partial charge in [-0.1, -0.05) is 36.6 Å². The predicted octanol–water partition coefficient (Wildman–Crippen LogP) is 4.59. The van der Waals surface area contributed by atoms with Crippen LogP contribution in [0.4, 0.5) is 0 Å². The lowest BCUT2D eigenvalue weighted by Gasteiger charge is -2.32. The highest BCUT2D eigenvalue weighted by Crippen LogP contribution is 2.23. The number of hydrogen-bond acceptors (Lipinski definition) is 3. The summed E-state index contributed by atoms with van der Waals surface area (Å²) < 4.78 is 0.735. The van der Waals surface area contributed by atoms with Crippen LogP contribution in [-0.2, 0) is 0 Å². The fourth-order valence-electron chi connectivity index (χ4n) is 4.62. The number of aromatic amines is 1. The molecule has 0 bridgehead atoms. The van der Waals surface area contributed by atoms with Crippen LogP contribution in [0.2, 0.25) is 5.02 Å². The second-order valence-electron chi connectivity index (χ2n) is 8.88. The summed E-state index contributed by atoms with van der Waals surface area (Å²) in [5.41, 5.74) is 3.69. The summed E-state index contributed by atoms with van der Waals surface area (Å²) in [6.45, 7) is 0. The fraction of sp³-hybridized carbons (Fsp3) is 0.222. The minimum atomic E-state index is -0.199. The van der Waals surface area contributed by atoms with E-state index < -0.39 is 0 Å². The summed E-state index contributed by atoms with van der Waals surface area (Å²) >= 11 is 6.06. The largest absolute Gasteiger partial charge is 0.619 e. The summed E-state index contributed by atoms with van der Waals surface area (Å²) in [5.74, 6) is -0.372. The molecule has 178 valence electrons. The van der Waals surface area contributed by atoms with Gasteiger partial charge >= 0.3 is 0 Å². The number of pyridine rings is 1. The van der Waals surface area contributed by atoms with Gasteiger partial charge in [-0.25, -0.2) is 0 Å². The van der Waals surface area contributed by atoms with Gasteiger partial charge in [0.1, 0.15) is 5.69 Å². The molecule has 1 fully saturated rings. The van der Waals surface area contributed by atoms with E-state index in [1.165, 1.54) is 12.4 Å². The van der Waals surface area contributed by atoms with Crippen molar-refractivity contribution in [1.82, 2.24) is 15.6 Å². The Hall–Kier alpha value is -3.84. The topological polar surface area (TPSA) is 101 Å². The molecule has 0 aliphatic heterocycles. The molecule has 2 amide bonds. The molecular weight excluding hydrogens is 464 g/mol. The van der Waals surface area contributed by atoms with Gasteiger partial charge in [-0.3, -0.25) is 9.59 Å². The molecule has 5 rings (SSSR count). The Morgan fingerprint density at radius 1 is 0.857 bits per heavy atom. The van der Waals surface area contributed by atoms with Gasteiger partial charge in [0.15, 0.2) is 12.4 Å². The first-order chi connectivity index (χ1) is 17.0. The number of nitrogens with zero attached hydrogens (tertiary/aromatic N) is 1. The first-order valence-electron chi connectivity index (χ1n) is 11.7. The number of carbonyl (C=O) groups excluding carboxylic acids is 2. The second kappa shape index (κ2) is 9.80. The lowest BCUT2D eigenvalue weighted by Crippen LogP contribution is -2.53. The van der Waals surface area contributed by atoms with E-state index in [-0.39, 0.29) is 23.9 Å². The minimum Gasteiger partial charge on any atom is -0.619 e. The van der Waals surface area contributed by atoms with Gasteiger partial charge in [-0.05, 0) is 60.4 Å². The number of hydrogen-bond donors (Lipinski definition) is 3. The summed E-state index contributed by atoms with van der Waals surface area (Å²) in [6.07, 6.45) is 6.48. The van der Waals surface area contributed by atoms with Crippen LogP contribution in [0.15, 0.2) is 73.1 Å². The van der Waals surface area contributed by atoms with E-state index in [1.54, 1.807) is 36.4 Å². The molecule has 0 saturated heterocycles. The van der Waals surface area contributed by atoms with Gasteiger partial charge in [0.25, 0.3) is 11.8 Å². The van der Waals surface area contributed by atoms with Crippen LogP contribution in [0.3, 0.4) is 0 Å². The van der Waals surface area contributed by atoms with E-state index in [0.717, 1.165) is 52.4 Å². The van der Waals surface area contributed by atoms with E-state index in [4.69, 9.17) is 11.6 Å². The van der Waals surface area contributed by atoms with Crippen molar-refractivity contribution < 1.29 is 14.3 Å². The lowest BCUT2D eigenvalue weighted by molar-refractivity contribution is -0.605. The molecule has 4 aromatic rings. The van der Waals surface area contributed by atoms with Crippen molar-refractivity contribution in [2.24, 2.45) is 0 Å². The van der Waals surface area contributed by atoms with E-state index >= 15 is 0 Å². The SMILES string of the molecule is O=C(N[C@H]1CCCC[C@H]1NC(=O)c1cc2cc(Cl)ccc2[nH]1)c1ccc(-c2cc[n+]([O-])cc2)cc1. The van der Waals surface area contributed by atoms with E-state index in [0.29, 0.717) is 16.3 Å². The van der Waals surface area contributed by atoms with Crippen molar-refractivity contribution in [2.45, 2.75) is 37.8 Å². The Labute approximate surface area is 207 Å². The Morgan fingerprint density at radius 2 is 1.49 bits per heavy atom. The molecule has 1 saturated carbocycles. The number of benzene rings is 2. The van der Waals surface area contributed by atoms with Crippen LogP contribution >= 0.6 is 11.6 Å². The molecule has 2 atom stereocenters. The molecular formula is C27H25ClN4O3. The van der Waals surface area contributed by atoms with Crippen LogP contribution in [0.1, 0.15) is 46.5 Å². The van der Waals surface area contributed by atoms with Gasteiger partial charge in [0.05, 0.1) is 0 Å². The number of rotatable bonds is 5. The highest BCUT2D eigenvalue weighted by atomic mass is 35.5. The van der Waals surface area contributed by atoms with Gasteiger partial charge < -0.3 is 20.8 Å². The van der Waals surface area contributed by atoms with Crippen LogP contribution in [-0.4, -0.2) is 28.9 Å². The quantitative estimate of drug-likeness (QED) is 0.283. The van der Waals surface area contributed by atoms with E-state index in [1.807, 2.05) is 24.3 Å². The van der Waals surface area contributed by atoms with Crippen molar-refractivity contribution in [3.05, 3.63) is 94.5 Å². The molecule has 1 aliphatic carbocycles. The van der Waals surface area contributed by atoms with E-state index in [9.17, 15) is 14.8 Å². The van der Waals surface area contributed by atoms with E-state index in [2.05, 4.69) is 15.6 Å². The summed E-state index contributed by atoms with van der Waals surface area (Å²) in [5, 5.41) is 19.0. The molecule has 1 aliphatic rings. The first-order valence-corrected chi connectivity index (χ1v) is 12.0. The van der Waals surface area contributed by atoms with Crippen LogP contribution in [0.25, 0.3) is 22.0 Å². The third-order valence-corrected chi connectivity index (χ3v) is 6.74. The summed E-state index contributed by atoms with van der Waals surface area (Å²) in [6, 6.07) is 17.7.